The molecule has 0 bridgehead atoms. The third-order valence-electron chi connectivity index (χ3n) is 2.87. The van der Waals surface area contributed by atoms with Crippen LogP contribution in [0.3, 0.4) is 0 Å². The van der Waals surface area contributed by atoms with Crippen LogP contribution in [0.4, 0.5) is 11.4 Å². The van der Waals surface area contributed by atoms with Gasteiger partial charge in [0.25, 0.3) is 5.69 Å². The zero-order chi connectivity index (χ0) is 14.5. The first-order valence-corrected chi connectivity index (χ1v) is 6.36. The molecule has 0 saturated carbocycles. The molecule has 0 fully saturated rings. The van der Waals surface area contributed by atoms with Crippen LogP contribution in [0.15, 0.2) is 48.5 Å². The van der Waals surface area contributed by atoms with Gasteiger partial charge in [-0.05, 0) is 17.7 Å². The predicted molar refractivity (Wildman–Crippen MR) is 78.0 cm³/mol. The standard InChI is InChI=1S/C14H13ClN2O3/c15-11-6-7-12(14(8-11)17(19)20)16-13(9-18)10-4-2-1-3-5-10/h1-8,13,16,18H,9H2. The van der Waals surface area contributed by atoms with Gasteiger partial charge in [-0.2, -0.15) is 0 Å². The number of hydrogen-bond acceptors (Lipinski definition) is 4. The highest BCUT2D eigenvalue weighted by molar-refractivity contribution is 6.30. The van der Waals surface area contributed by atoms with E-state index in [0.717, 1.165) is 5.56 Å². The van der Waals surface area contributed by atoms with E-state index in [-0.39, 0.29) is 12.3 Å². The van der Waals surface area contributed by atoms with E-state index in [1.165, 1.54) is 12.1 Å². The molecular formula is C14H13ClN2O3. The number of nitrogens with zero attached hydrogens (tertiary/aromatic N) is 1. The summed E-state index contributed by atoms with van der Waals surface area (Å²) in [7, 11) is 0. The number of rotatable bonds is 5. The maximum Gasteiger partial charge on any atom is 0.293 e. The third-order valence-corrected chi connectivity index (χ3v) is 3.11. The summed E-state index contributed by atoms with van der Waals surface area (Å²) >= 11 is 5.77. The molecule has 0 aromatic heterocycles. The van der Waals surface area contributed by atoms with Gasteiger partial charge in [-0.3, -0.25) is 10.1 Å². The monoisotopic (exact) mass is 292 g/mol. The van der Waals surface area contributed by atoms with Crippen molar-refractivity contribution in [1.82, 2.24) is 0 Å². The van der Waals surface area contributed by atoms with Crippen LogP contribution in [-0.2, 0) is 0 Å². The highest BCUT2D eigenvalue weighted by atomic mass is 35.5. The van der Waals surface area contributed by atoms with E-state index >= 15 is 0 Å². The zero-order valence-electron chi connectivity index (χ0n) is 10.5. The van der Waals surface area contributed by atoms with E-state index in [0.29, 0.717) is 10.7 Å². The van der Waals surface area contributed by atoms with Crippen LogP contribution in [0, 0.1) is 10.1 Å². The Kier molecular flexibility index (Phi) is 4.55. The van der Waals surface area contributed by atoms with Gasteiger partial charge >= 0.3 is 0 Å². The second-order valence-electron chi connectivity index (χ2n) is 4.21. The van der Waals surface area contributed by atoms with Crippen molar-refractivity contribution in [2.24, 2.45) is 0 Å². The van der Waals surface area contributed by atoms with E-state index in [1.807, 2.05) is 30.3 Å². The van der Waals surface area contributed by atoms with E-state index < -0.39 is 11.0 Å². The van der Waals surface area contributed by atoms with Crippen LogP contribution in [0.1, 0.15) is 11.6 Å². The van der Waals surface area contributed by atoms with Gasteiger partial charge in [0, 0.05) is 11.1 Å². The fourth-order valence-corrected chi connectivity index (χ4v) is 2.05. The maximum absolute atomic E-state index is 11.0. The summed E-state index contributed by atoms with van der Waals surface area (Å²) in [5, 5.41) is 23.8. The molecular weight excluding hydrogens is 280 g/mol. The Labute approximate surface area is 121 Å². The number of nitrogens with one attached hydrogen (secondary N) is 1. The van der Waals surface area contributed by atoms with Crippen molar-refractivity contribution in [2.45, 2.75) is 6.04 Å². The SMILES string of the molecule is O=[N+]([O-])c1cc(Cl)ccc1NC(CO)c1ccccc1. The van der Waals surface area contributed by atoms with Crippen molar-refractivity contribution >= 4 is 23.0 Å². The minimum Gasteiger partial charge on any atom is -0.394 e. The topological polar surface area (TPSA) is 75.4 Å². The summed E-state index contributed by atoms with van der Waals surface area (Å²) < 4.78 is 0. The van der Waals surface area contributed by atoms with Crippen molar-refractivity contribution in [3.05, 3.63) is 69.2 Å². The summed E-state index contributed by atoms with van der Waals surface area (Å²) in [5.41, 5.74) is 1.05. The first-order valence-electron chi connectivity index (χ1n) is 5.98. The summed E-state index contributed by atoms with van der Waals surface area (Å²) in [5.74, 6) is 0. The molecule has 2 rings (SSSR count). The lowest BCUT2D eigenvalue weighted by Gasteiger charge is -2.18. The number of nitro benzene ring substituents is 1. The average molecular weight is 293 g/mol. The molecule has 0 heterocycles. The van der Waals surface area contributed by atoms with Gasteiger partial charge in [0.2, 0.25) is 0 Å². The van der Waals surface area contributed by atoms with Crippen molar-refractivity contribution in [3.63, 3.8) is 0 Å². The number of benzene rings is 2. The largest absolute Gasteiger partial charge is 0.394 e. The van der Waals surface area contributed by atoms with Crippen LogP contribution >= 0.6 is 11.6 Å². The van der Waals surface area contributed by atoms with Crippen LogP contribution in [0.2, 0.25) is 5.02 Å². The molecule has 0 saturated heterocycles. The fourth-order valence-electron chi connectivity index (χ4n) is 1.89. The zero-order valence-corrected chi connectivity index (χ0v) is 11.2. The minimum absolute atomic E-state index is 0.119. The number of aliphatic hydroxyl groups is 1. The van der Waals surface area contributed by atoms with Crippen molar-refractivity contribution in [2.75, 3.05) is 11.9 Å². The fraction of sp³-hybridized carbons (Fsp3) is 0.143. The van der Waals surface area contributed by atoms with E-state index in [9.17, 15) is 15.2 Å². The Morgan fingerprint density at radius 3 is 2.55 bits per heavy atom. The molecule has 6 heteroatoms. The van der Waals surface area contributed by atoms with Crippen molar-refractivity contribution < 1.29 is 10.0 Å². The molecule has 0 aliphatic carbocycles. The molecule has 2 N–H and O–H groups in total. The van der Waals surface area contributed by atoms with Gasteiger partial charge < -0.3 is 10.4 Å². The van der Waals surface area contributed by atoms with Crippen LogP contribution in [0.25, 0.3) is 0 Å². The normalized spacial score (nSPS) is 11.9. The molecule has 0 aliphatic heterocycles. The first-order chi connectivity index (χ1) is 9.61. The van der Waals surface area contributed by atoms with Crippen molar-refractivity contribution in [3.8, 4) is 0 Å². The highest BCUT2D eigenvalue weighted by Gasteiger charge is 2.18. The van der Waals surface area contributed by atoms with Crippen LogP contribution < -0.4 is 5.32 Å². The summed E-state index contributed by atoms with van der Waals surface area (Å²) in [6.07, 6.45) is 0. The second kappa shape index (κ2) is 6.36. The minimum atomic E-state index is -0.506. The number of anilines is 1. The number of nitro groups is 1. The molecule has 2 aromatic carbocycles. The smallest absolute Gasteiger partial charge is 0.293 e. The Bertz CT molecular complexity index is 605. The van der Waals surface area contributed by atoms with Crippen molar-refractivity contribution in [1.29, 1.82) is 0 Å². The lowest BCUT2D eigenvalue weighted by molar-refractivity contribution is -0.384. The molecule has 0 spiro atoms. The molecule has 1 atom stereocenters. The number of hydrogen-bond donors (Lipinski definition) is 2. The van der Waals surface area contributed by atoms with E-state index in [2.05, 4.69) is 5.32 Å². The van der Waals surface area contributed by atoms with Gasteiger partial charge in [0.1, 0.15) is 5.69 Å². The van der Waals surface area contributed by atoms with Gasteiger partial charge in [-0.1, -0.05) is 41.9 Å². The molecule has 2 aromatic rings. The second-order valence-corrected chi connectivity index (χ2v) is 4.65. The van der Waals surface area contributed by atoms with Gasteiger partial charge in [0.05, 0.1) is 17.6 Å². The van der Waals surface area contributed by atoms with E-state index in [1.54, 1.807) is 6.07 Å². The maximum atomic E-state index is 11.0. The Balaban J connectivity index is 2.31. The summed E-state index contributed by atoms with van der Waals surface area (Å²) in [6.45, 7) is -0.177. The molecule has 1 unspecified atom stereocenters. The van der Waals surface area contributed by atoms with E-state index in [4.69, 9.17) is 11.6 Å². The number of halogens is 1. The highest BCUT2D eigenvalue weighted by Crippen LogP contribution is 2.30. The third kappa shape index (κ3) is 3.26. The molecule has 20 heavy (non-hydrogen) atoms. The Morgan fingerprint density at radius 2 is 1.95 bits per heavy atom. The Hall–Kier alpha value is -2.11. The molecule has 5 nitrogen and oxygen atoms in total. The molecule has 0 amide bonds. The summed E-state index contributed by atoms with van der Waals surface area (Å²) in [4.78, 5) is 10.5. The quantitative estimate of drug-likeness (QED) is 0.654. The summed E-state index contributed by atoms with van der Waals surface area (Å²) in [6, 6.07) is 13.2. The lowest BCUT2D eigenvalue weighted by Crippen LogP contribution is -2.15. The van der Waals surface area contributed by atoms with Gasteiger partial charge in [-0.15, -0.1) is 0 Å². The number of aliphatic hydroxyl groups excluding tert-OH is 1. The van der Waals surface area contributed by atoms with Crippen LogP contribution in [-0.4, -0.2) is 16.6 Å². The lowest BCUT2D eigenvalue weighted by atomic mass is 10.1. The first kappa shape index (κ1) is 14.3. The Morgan fingerprint density at radius 1 is 1.25 bits per heavy atom. The predicted octanol–water partition coefficient (Wildman–Crippen LogP) is 3.39. The van der Waals surface area contributed by atoms with Gasteiger partial charge in [0.15, 0.2) is 0 Å². The molecule has 0 aliphatic rings. The molecule has 104 valence electrons. The average Bonchev–Trinajstić information content (AvgIpc) is 2.46. The van der Waals surface area contributed by atoms with Crippen LogP contribution in [0.5, 0.6) is 0 Å². The molecule has 0 radical (unpaired) electrons. The van der Waals surface area contributed by atoms with Gasteiger partial charge in [-0.25, -0.2) is 0 Å².